The minimum atomic E-state index is -0.784. The van der Waals surface area contributed by atoms with Gasteiger partial charge in [0.15, 0.2) is 0 Å². The van der Waals surface area contributed by atoms with Crippen LogP contribution in [0.3, 0.4) is 0 Å². The van der Waals surface area contributed by atoms with E-state index in [1.807, 2.05) is 0 Å². The van der Waals surface area contributed by atoms with Crippen molar-refractivity contribution < 1.29 is 19.4 Å². The summed E-state index contributed by atoms with van der Waals surface area (Å²) in [5, 5.41) is 11.5. The van der Waals surface area contributed by atoms with Crippen LogP contribution in [0, 0.1) is 5.92 Å². The highest BCUT2D eigenvalue weighted by Crippen LogP contribution is 2.25. The topological polar surface area (TPSA) is 75.6 Å². The predicted octanol–water partition coefficient (Wildman–Crippen LogP) is 1.76. The lowest BCUT2D eigenvalue weighted by Gasteiger charge is -2.21. The third kappa shape index (κ3) is 4.08. The highest BCUT2D eigenvalue weighted by Gasteiger charge is 2.31. The molecule has 0 aromatic heterocycles. The number of nitrogens with one attached hydrogen (secondary N) is 1. The minimum Gasteiger partial charge on any atom is -0.481 e. The Morgan fingerprint density at radius 2 is 1.94 bits per heavy atom. The average molecular weight is 229 g/mol. The number of hydrogen-bond acceptors (Lipinski definition) is 3. The van der Waals surface area contributed by atoms with E-state index in [0.29, 0.717) is 19.3 Å². The highest BCUT2D eigenvalue weighted by atomic mass is 16.6. The number of carboxylic acid groups (broad SMARTS) is 1. The third-order valence-corrected chi connectivity index (χ3v) is 2.50. The fourth-order valence-electron chi connectivity index (χ4n) is 1.81. The van der Waals surface area contributed by atoms with Gasteiger partial charge in [0.25, 0.3) is 0 Å². The van der Waals surface area contributed by atoms with Gasteiger partial charge in [0.2, 0.25) is 0 Å². The van der Waals surface area contributed by atoms with Gasteiger partial charge in [-0.25, -0.2) is 4.79 Å². The zero-order chi connectivity index (χ0) is 12.3. The first kappa shape index (κ1) is 12.8. The van der Waals surface area contributed by atoms with Crippen LogP contribution in [0.25, 0.3) is 0 Å². The molecule has 1 rings (SSSR count). The Kier molecular flexibility index (Phi) is 3.78. The first-order chi connectivity index (χ1) is 7.28. The van der Waals surface area contributed by atoms with Gasteiger partial charge in [-0.05, 0) is 40.0 Å². The number of rotatable bonds is 2. The molecule has 0 heterocycles. The molecule has 16 heavy (non-hydrogen) atoms. The maximum absolute atomic E-state index is 11.4. The maximum Gasteiger partial charge on any atom is 0.407 e. The molecule has 0 aromatic carbocycles. The van der Waals surface area contributed by atoms with Gasteiger partial charge in [-0.15, -0.1) is 0 Å². The van der Waals surface area contributed by atoms with E-state index in [4.69, 9.17) is 9.84 Å². The molecule has 0 bridgehead atoms. The van der Waals surface area contributed by atoms with Gasteiger partial charge < -0.3 is 15.2 Å². The Morgan fingerprint density at radius 1 is 1.31 bits per heavy atom. The van der Waals surface area contributed by atoms with Crippen LogP contribution >= 0.6 is 0 Å². The van der Waals surface area contributed by atoms with Crippen LogP contribution in [0.15, 0.2) is 0 Å². The molecule has 2 atom stereocenters. The fourth-order valence-corrected chi connectivity index (χ4v) is 1.81. The van der Waals surface area contributed by atoms with Crippen molar-refractivity contribution in [2.24, 2.45) is 5.92 Å². The van der Waals surface area contributed by atoms with Crippen LogP contribution in [0.1, 0.15) is 40.0 Å². The second-order valence-electron chi connectivity index (χ2n) is 5.19. The highest BCUT2D eigenvalue weighted by molar-refractivity contribution is 5.71. The molecule has 1 fully saturated rings. The molecule has 2 N–H and O–H groups in total. The zero-order valence-corrected chi connectivity index (χ0v) is 9.95. The van der Waals surface area contributed by atoms with E-state index >= 15 is 0 Å². The Labute approximate surface area is 95.2 Å². The SMILES string of the molecule is CC(C)(C)OC(=O)NC1CC[C@@H](C(=O)O)C1. The zero-order valence-electron chi connectivity index (χ0n) is 9.95. The number of amides is 1. The molecule has 5 nitrogen and oxygen atoms in total. The summed E-state index contributed by atoms with van der Waals surface area (Å²) in [6.07, 6.45) is 1.35. The lowest BCUT2D eigenvalue weighted by molar-refractivity contribution is -0.141. The predicted molar refractivity (Wildman–Crippen MR) is 58.1 cm³/mol. The molecule has 92 valence electrons. The molecule has 1 aliphatic rings. The van der Waals surface area contributed by atoms with Crippen LogP contribution in [-0.2, 0) is 9.53 Å². The molecule has 1 aliphatic carbocycles. The van der Waals surface area contributed by atoms with E-state index < -0.39 is 17.7 Å². The number of carboxylic acids is 1. The van der Waals surface area contributed by atoms with Gasteiger partial charge in [-0.1, -0.05) is 0 Å². The summed E-state index contributed by atoms with van der Waals surface area (Å²) in [6, 6.07) is -0.0732. The quantitative estimate of drug-likeness (QED) is 0.756. The van der Waals surface area contributed by atoms with Crippen LogP contribution < -0.4 is 5.32 Å². The minimum absolute atomic E-state index is 0.0732. The molecular weight excluding hydrogens is 210 g/mol. The van der Waals surface area contributed by atoms with Gasteiger partial charge in [-0.2, -0.15) is 0 Å². The van der Waals surface area contributed by atoms with Gasteiger partial charge in [0, 0.05) is 6.04 Å². The number of carbonyl (C=O) groups is 2. The van der Waals surface area contributed by atoms with Gasteiger partial charge in [-0.3, -0.25) is 4.79 Å². The lowest BCUT2D eigenvalue weighted by Crippen LogP contribution is -2.38. The van der Waals surface area contributed by atoms with Crippen molar-refractivity contribution in [2.75, 3.05) is 0 Å². The molecule has 1 saturated carbocycles. The van der Waals surface area contributed by atoms with Crippen LogP contribution in [0.2, 0.25) is 0 Å². The van der Waals surface area contributed by atoms with Gasteiger partial charge in [0.1, 0.15) is 5.60 Å². The van der Waals surface area contributed by atoms with Crippen molar-refractivity contribution in [3.8, 4) is 0 Å². The fraction of sp³-hybridized carbons (Fsp3) is 0.818. The summed E-state index contributed by atoms with van der Waals surface area (Å²) < 4.78 is 5.10. The summed E-state index contributed by atoms with van der Waals surface area (Å²) in [5.41, 5.74) is -0.519. The second-order valence-corrected chi connectivity index (χ2v) is 5.19. The molecule has 5 heteroatoms. The Hall–Kier alpha value is -1.26. The molecule has 1 unspecified atom stereocenters. The van der Waals surface area contributed by atoms with Gasteiger partial charge in [0.05, 0.1) is 5.92 Å². The van der Waals surface area contributed by atoms with E-state index in [1.165, 1.54) is 0 Å². The number of ether oxygens (including phenoxy) is 1. The van der Waals surface area contributed by atoms with E-state index in [-0.39, 0.29) is 12.0 Å². The molecule has 0 radical (unpaired) electrons. The number of hydrogen-bond donors (Lipinski definition) is 2. The molecule has 0 aromatic rings. The summed E-state index contributed by atoms with van der Waals surface area (Å²) in [7, 11) is 0. The van der Waals surface area contributed by atoms with Crippen molar-refractivity contribution in [1.82, 2.24) is 5.32 Å². The second kappa shape index (κ2) is 4.72. The number of carbonyl (C=O) groups excluding carboxylic acids is 1. The van der Waals surface area contributed by atoms with Crippen molar-refractivity contribution in [2.45, 2.75) is 51.7 Å². The van der Waals surface area contributed by atoms with Crippen LogP contribution in [-0.4, -0.2) is 28.8 Å². The first-order valence-electron chi connectivity index (χ1n) is 5.50. The Morgan fingerprint density at radius 3 is 2.38 bits per heavy atom. The monoisotopic (exact) mass is 229 g/mol. The van der Waals surface area contributed by atoms with Crippen molar-refractivity contribution in [1.29, 1.82) is 0 Å². The Balaban J connectivity index is 2.34. The lowest BCUT2D eigenvalue weighted by atomic mass is 10.1. The van der Waals surface area contributed by atoms with E-state index in [2.05, 4.69) is 5.32 Å². The summed E-state index contributed by atoms with van der Waals surface area (Å²) in [5.74, 6) is -1.12. The number of aliphatic carboxylic acids is 1. The molecule has 0 saturated heterocycles. The summed E-state index contributed by atoms with van der Waals surface area (Å²) >= 11 is 0. The number of alkyl carbamates (subject to hydrolysis) is 1. The largest absolute Gasteiger partial charge is 0.481 e. The third-order valence-electron chi connectivity index (χ3n) is 2.50. The van der Waals surface area contributed by atoms with Crippen molar-refractivity contribution >= 4 is 12.1 Å². The Bertz CT molecular complexity index is 282. The summed E-state index contributed by atoms with van der Waals surface area (Å²) in [6.45, 7) is 5.38. The van der Waals surface area contributed by atoms with Crippen molar-refractivity contribution in [3.63, 3.8) is 0 Å². The van der Waals surface area contributed by atoms with E-state index in [9.17, 15) is 9.59 Å². The van der Waals surface area contributed by atoms with Crippen LogP contribution in [0.4, 0.5) is 4.79 Å². The molecule has 0 spiro atoms. The van der Waals surface area contributed by atoms with Crippen molar-refractivity contribution in [3.05, 3.63) is 0 Å². The maximum atomic E-state index is 11.4. The smallest absolute Gasteiger partial charge is 0.407 e. The summed E-state index contributed by atoms with van der Waals surface area (Å²) in [4.78, 5) is 22.1. The van der Waals surface area contributed by atoms with E-state index in [1.54, 1.807) is 20.8 Å². The standard InChI is InChI=1S/C11H19NO4/c1-11(2,3)16-10(15)12-8-5-4-7(6-8)9(13)14/h7-8H,4-6H2,1-3H3,(H,12,15)(H,13,14)/t7-,8?/m1/s1. The van der Waals surface area contributed by atoms with Crippen LogP contribution in [0.5, 0.6) is 0 Å². The molecule has 1 amide bonds. The first-order valence-corrected chi connectivity index (χ1v) is 5.50. The molecular formula is C11H19NO4. The normalized spacial score (nSPS) is 25.2. The molecule has 0 aliphatic heterocycles. The van der Waals surface area contributed by atoms with E-state index in [0.717, 1.165) is 0 Å². The van der Waals surface area contributed by atoms with Gasteiger partial charge >= 0.3 is 12.1 Å². The average Bonchev–Trinajstić information content (AvgIpc) is 2.48.